The second-order valence-electron chi connectivity index (χ2n) is 3.78. The maximum absolute atomic E-state index is 11.4. The summed E-state index contributed by atoms with van der Waals surface area (Å²) in [5.74, 6) is 0. The highest BCUT2D eigenvalue weighted by atomic mass is 16.3. The Morgan fingerprint density at radius 3 is 2.79 bits per heavy atom. The standard InChI is InChI=1S/C11H15NO2/c13-11-4-7-14-9-10(11)8-12-5-2-1-3-6-12/h4,7,9H,1-3,5-6,8H2. The SMILES string of the molecule is O=c1ccocc1CN1CCCCC1. The highest BCUT2D eigenvalue weighted by molar-refractivity contribution is 5.06. The van der Waals surface area contributed by atoms with Gasteiger partial charge in [0, 0.05) is 18.2 Å². The smallest absolute Gasteiger partial charge is 0.189 e. The molecule has 2 rings (SSSR count). The van der Waals surface area contributed by atoms with Crippen molar-refractivity contribution < 1.29 is 4.42 Å². The van der Waals surface area contributed by atoms with Crippen molar-refractivity contribution in [1.82, 2.24) is 4.90 Å². The van der Waals surface area contributed by atoms with Crippen LogP contribution in [-0.4, -0.2) is 18.0 Å². The molecule has 0 amide bonds. The van der Waals surface area contributed by atoms with Gasteiger partial charge in [-0.15, -0.1) is 0 Å². The summed E-state index contributed by atoms with van der Waals surface area (Å²) in [6.45, 7) is 2.95. The van der Waals surface area contributed by atoms with Crippen LogP contribution < -0.4 is 5.43 Å². The van der Waals surface area contributed by atoms with Gasteiger partial charge in [-0.3, -0.25) is 9.69 Å². The Hall–Kier alpha value is -1.09. The van der Waals surface area contributed by atoms with Crippen LogP contribution in [0, 0.1) is 0 Å². The van der Waals surface area contributed by atoms with Gasteiger partial charge in [-0.1, -0.05) is 6.42 Å². The van der Waals surface area contributed by atoms with E-state index in [-0.39, 0.29) is 5.43 Å². The minimum atomic E-state index is 0.0850. The normalized spacial score (nSPS) is 18.3. The molecular formula is C11H15NO2. The molecule has 1 saturated heterocycles. The van der Waals surface area contributed by atoms with Crippen molar-refractivity contribution in [2.75, 3.05) is 13.1 Å². The maximum atomic E-state index is 11.4. The van der Waals surface area contributed by atoms with Crippen molar-refractivity contribution in [3.05, 3.63) is 34.4 Å². The van der Waals surface area contributed by atoms with Crippen LogP contribution >= 0.6 is 0 Å². The summed E-state index contributed by atoms with van der Waals surface area (Å²) in [6.07, 6.45) is 6.81. The lowest BCUT2D eigenvalue weighted by Crippen LogP contribution is -2.30. The second-order valence-corrected chi connectivity index (χ2v) is 3.78. The third kappa shape index (κ3) is 2.23. The molecule has 14 heavy (non-hydrogen) atoms. The molecule has 1 aliphatic heterocycles. The van der Waals surface area contributed by atoms with Gasteiger partial charge in [-0.2, -0.15) is 0 Å². The summed E-state index contributed by atoms with van der Waals surface area (Å²) in [6, 6.07) is 1.49. The first-order chi connectivity index (χ1) is 6.86. The van der Waals surface area contributed by atoms with Crippen molar-refractivity contribution in [2.45, 2.75) is 25.8 Å². The van der Waals surface area contributed by atoms with E-state index in [0.717, 1.165) is 25.2 Å². The van der Waals surface area contributed by atoms with Crippen LogP contribution in [0.15, 0.2) is 27.8 Å². The Labute approximate surface area is 83.3 Å². The van der Waals surface area contributed by atoms with Gasteiger partial charge in [0.2, 0.25) is 0 Å². The number of hydrogen-bond donors (Lipinski definition) is 0. The molecule has 76 valence electrons. The molecule has 0 N–H and O–H groups in total. The van der Waals surface area contributed by atoms with Crippen LogP contribution in [0.2, 0.25) is 0 Å². The van der Waals surface area contributed by atoms with Crippen LogP contribution in [0.4, 0.5) is 0 Å². The van der Waals surface area contributed by atoms with E-state index in [2.05, 4.69) is 4.90 Å². The molecule has 2 heterocycles. The number of piperidine rings is 1. The molecule has 0 unspecified atom stereocenters. The fourth-order valence-corrected chi connectivity index (χ4v) is 1.86. The fourth-order valence-electron chi connectivity index (χ4n) is 1.86. The predicted molar refractivity (Wildman–Crippen MR) is 54.1 cm³/mol. The molecule has 0 radical (unpaired) electrons. The van der Waals surface area contributed by atoms with Crippen molar-refractivity contribution >= 4 is 0 Å². The Morgan fingerprint density at radius 2 is 2.07 bits per heavy atom. The van der Waals surface area contributed by atoms with Gasteiger partial charge >= 0.3 is 0 Å². The summed E-state index contributed by atoms with van der Waals surface area (Å²) < 4.78 is 5.00. The number of rotatable bonds is 2. The van der Waals surface area contributed by atoms with Crippen molar-refractivity contribution in [3.8, 4) is 0 Å². The minimum Gasteiger partial charge on any atom is -0.472 e. The van der Waals surface area contributed by atoms with Gasteiger partial charge in [-0.05, 0) is 25.9 Å². The van der Waals surface area contributed by atoms with E-state index in [1.807, 2.05) is 0 Å². The van der Waals surface area contributed by atoms with Crippen LogP contribution in [0.25, 0.3) is 0 Å². The van der Waals surface area contributed by atoms with Crippen molar-refractivity contribution in [1.29, 1.82) is 0 Å². The van der Waals surface area contributed by atoms with Crippen LogP contribution in [0.3, 0.4) is 0 Å². The van der Waals surface area contributed by atoms with E-state index in [9.17, 15) is 4.79 Å². The van der Waals surface area contributed by atoms with Crippen LogP contribution in [-0.2, 0) is 6.54 Å². The molecule has 3 heteroatoms. The maximum Gasteiger partial charge on any atom is 0.189 e. The summed E-state index contributed by atoms with van der Waals surface area (Å²) in [7, 11) is 0. The van der Waals surface area contributed by atoms with Crippen LogP contribution in [0.1, 0.15) is 24.8 Å². The molecule has 0 aliphatic carbocycles. The molecule has 0 bridgehead atoms. The Kier molecular flexibility index (Phi) is 2.99. The van der Waals surface area contributed by atoms with Gasteiger partial charge in [-0.25, -0.2) is 0 Å². The van der Waals surface area contributed by atoms with Crippen molar-refractivity contribution in [3.63, 3.8) is 0 Å². The third-order valence-corrected chi connectivity index (χ3v) is 2.67. The van der Waals surface area contributed by atoms with E-state index < -0.39 is 0 Å². The molecule has 0 saturated carbocycles. The summed E-state index contributed by atoms with van der Waals surface area (Å²) in [5, 5.41) is 0. The molecule has 1 aliphatic rings. The fraction of sp³-hybridized carbons (Fsp3) is 0.545. The highest BCUT2D eigenvalue weighted by Crippen LogP contribution is 2.10. The average Bonchev–Trinajstić information content (AvgIpc) is 2.23. The van der Waals surface area contributed by atoms with E-state index in [0.29, 0.717) is 0 Å². The summed E-state index contributed by atoms with van der Waals surface area (Å²) in [5.41, 5.74) is 0.858. The van der Waals surface area contributed by atoms with E-state index in [4.69, 9.17) is 4.42 Å². The molecule has 1 aromatic rings. The molecule has 0 atom stereocenters. The van der Waals surface area contributed by atoms with E-state index in [1.54, 1.807) is 6.26 Å². The van der Waals surface area contributed by atoms with Gasteiger partial charge in [0.15, 0.2) is 5.43 Å². The minimum absolute atomic E-state index is 0.0850. The lowest BCUT2D eigenvalue weighted by atomic mass is 10.1. The third-order valence-electron chi connectivity index (χ3n) is 2.67. The average molecular weight is 193 g/mol. The second kappa shape index (κ2) is 4.42. The van der Waals surface area contributed by atoms with Crippen molar-refractivity contribution in [2.24, 2.45) is 0 Å². The lowest BCUT2D eigenvalue weighted by Gasteiger charge is -2.25. The number of nitrogens with zero attached hydrogens (tertiary/aromatic N) is 1. The molecular weight excluding hydrogens is 178 g/mol. The lowest BCUT2D eigenvalue weighted by molar-refractivity contribution is 0.218. The van der Waals surface area contributed by atoms with Gasteiger partial charge < -0.3 is 4.42 Å². The van der Waals surface area contributed by atoms with Crippen LogP contribution in [0.5, 0.6) is 0 Å². The van der Waals surface area contributed by atoms with E-state index in [1.165, 1.54) is 31.6 Å². The molecule has 0 spiro atoms. The van der Waals surface area contributed by atoms with Gasteiger partial charge in [0.1, 0.15) is 0 Å². The highest BCUT2D eigenvalue weighted by Gasteiger charge is 2.11. The summed E-state index contributed by atoms with van der Waals surface area (Å²) in [4.78, 5) is 13.7. The number of hydrogen-bond acceptors (Lipinski definition) is 3. The Bertz CT molecular complexity index is 339. The quantitative estimate of drug-likeness (QED) is 0.715. The number of likely N-dealkylation sites (tertiary alicyclic amines) is 1. The summed E-state index contributed by atoms with van der Waals surface area (Å²) >= 11 is 0. The molecule has 3 nitrogen and oxygen atoms in total. The van der Waals surface area contributed by atoms with Gasteiger partial charge in [0.25, 0.3) is 0 Å². The van der Waals surface area contributed by atoms with E-state index >= 15 is 0 Å². The molecule has 0 aromatic carbocycles. The zero-order chi connectivity index (χ0) is 9.80. The topological polar surface area (TPSA) is 33.5 Å². The first-order valence-corrected chi connectivity index (χ1v) is 5.14. The monoisotopic (exact) mass is 193 g/mol. The molecule has 1 fully saturated rings. The molecule has 1 aromatic heterocycles. The Morgan fingerprint density at radius 1 is 1.29 bits per heavy atom. The largest absolute Gasteiger partial charge is 0.472 e. The first kappa shape index (κ1) is 9.46. The zero-order valence-corrected chi connectivity index (χ0v) is 8.24. The predicted octanol–water partition coefficient (Wildman–Crippen LogP) is 1.63. The van der Waals surface area contributed by atoms with Gasteiger partial charge in [0.05, 0.1) is 12.5 Å². The zero-order valence-electron chi connectivity index (χ0n) is 8.24. The first-order valence-electron chi connectivity index (χ1n) is 5.14. The Balaban J connectivity index is 2.03.